The highest BCUT2D eigenvalue weighted by molar-refractivity contribution is 7.80. The zero-order valence-electron chi connectivity index (χ0n) is 7.51. The van der Waals surface area contributed by atoms with Gasteiger partial charge in [0.05, 0.1) is 0 Å². The standard InChI is InChI=1S/C12H10S2/c13-11-6-4-9(5-7-11)10-2-1-3-12(14)8-10/h1-8,13-14H. The van der Waals surface area contributed by atoms with E-state index in [0.29, 0.717) is 0 Å². The van der Waals surface area contributed by atoms with Crippen molar-refractivity contribution >= 4 is 25.3 Å². The summed E-state index contributed by atoms with van der Waals surface area (Å²) < 4.78 is 0. The molecule has 0 heterocycles. The first kappa shape index (κ1) is 9.69. The van der Waals surface area contributed by atoms with E-state index in [-0.39, 0.29) is 0 Å². The van der Waals surface area contributed by atoms with Crippen LogP contribution in [-0.4, -0.2) is 0 Å². The van der Waals surface area contributed by atoms with Crippen LogP contribution in [0.2, 0.25) is 0 Å². The molecule has 0 amide bonds. The SMILES string of the molecule is Sc1ccc(-c2cccc(S)c2)cc1. The summed E-state index contributed by atoms with van der Waals surface area (Å²) in [6.07, 6.45) is 0. The number of benzene rings is 2. The smallest absolute Gasteiger partial charge is 0.00461 e. The van der Waals surface area contributed by atoms with E-state index < -0.39 is 0 Å². The summed E-state index contributed by atoms with van der Waals surface area (Å²) in [7, 11) is 0. The predicted molar refractivity (Wildman–Crippen MR) is 66.4 cm³/mol. The molecule has 0 atom stereocenters. The Bertz CT molecular complexity index is 432. The molecule has 0 aliphatic rings. The average molecular weight is 218 g/mol. The minimum Gasteiger partial charge on any atom is -0.143 e. The molecule has 0 radical (unpaired) electrons. The van der Waals surface area contributed by atoms with Gasteiger partial charge in [-0.05, 0) is 35.4 Å². The molecule has 0 aliphatic heterocycles. The van der Waals surface area contributed by atoms with Gasteiger partial charge in [0, 0.05) is 9.79 Å². The predicted octanol–water partition coefficient (Wildman–Crippen LogP) is 3.93. The van der Waals surface area contributed by atoms with Crippen molar-refractivity contribution < 1.29 is 0 Å². The first-order valence-corrected chi connectivity index (χ1v) is 5.23. The van der Waals surface area contributed by atoms with E-state index in [0.717, 1.165) is 9.79 Å². The van der Waals surface area contributed by atoms with E-state index >= 15 is 0 Å². The maximum Gasteiger partial charge on any atom is 0.00461 e. The fourth-order valence-electron chi connectivity index (χ4n) is 1.34. The van der Waals surface area contributed by atoms with Gasteiger partial charge in [0.2, 0.25) is 0 Å². The molecule has 0 saturated heterocycles. The third kappa shape index (κ3) is 2.14. The zero-order valence-corrected chi connectivity index (χ0v) is 9.30. The van der Waals surface area contributed by atoms with Crippen molar-refractivity contribution in [3.8, 4) is 11.1 Å². The van der Waals surface area contributed by atoms with Crippen molar-refractivity contribution in [3.63, 3.8) is 0 Å². The third-order valence-electron chi connectivity index (χ3n) is 2.05. The van der Waals surface area contributed by atoms with E-state index in [1.54, 1.807) is 0 Å². The fraction of sp³-hybridized carbons (Fsp3) is 0. The second-order valence-corrected chi connectivity index (χ2v) is 4.13. The maximum atomic E-state index is 4.31. The summed E-state index contributed by atoms with van der Waals surface area (Å²) in [6, 6.07) is 16.2. The van der Waals surface area contributed by atoms with E-state index in [1.165, 1.54) is 11.1 Å². The lowest BCUT2D eigenvalue weighted by molar-refractivity contribution is 1.44. The molecular weight excluding hydrogens is 208 g/mol. The van der Waals surface area contributed by atoms with E-state index in [1.807, 2.05) is 24.3 Å². The largest absolute Gasteiger partial charge is 0.143 e. The average Bonchev–Trinajstić information content (AvgIpc) is 2.19. The van der Waals surface area contributed by atoms with Crippen LogP contribution in [0.3, 0.4) is 0 Å². The van der Waals surface area contributed by atoms with Crippen LogP contribution >= 0.6 is 25.3 Å². The molecule has 0 spiro atoms. The van der Waals surface area contributed by atoms with Crippen LogP contribution in [0.25, 0.3) is 11.1 Å². The van der Waals surface area contributed by atoms with Gasteiger partial charge in [-0.15, -0.1) is 25.3 Å². The Labute approximate surface area is 94.8 Å². The van der Waals surface area contributed by atoms with E-state index in [2.05, 4.69) is 49.5 Å². The molecule has 2 rings (SSSR count). The summed E-state index contributed by atoms with van der Waals surface area (Å²) in [5.41, 5.74) is 2.38. The Hall–Kier alpha value is -0.860. The molecule has 0 saturated carbocycles. The lowest BCUT2D eigenvalue weighted by Crippen LogP contribution is -1.77. The molecule has 2 heteroatoms. The van der Waals surface area contributed by atoms with Gasteiger partial charge in [0.25, 0.3) is 0 Å². The highest BCUT2D eigenvalue weighted by Gasteiger charge is 1.96. The molecular formula is C12H10S2. The fourth-order valence-corrected chi connectivity index (χ4v) is 1.71. The summed E-state index contributed by atoms with van der Waals surface area (Å²) in [5, 5.41) is 0. The topological polar surface area (TPSA) is 0 Å². The quantitative estimate of drug-likeness (QED) is 0.666. The highest BCUT2D eigenvalue weighted by atomic mass is 32.1. The van der Waals surface area contributed by atoms with Crippen molar-refractivity contribution in [3.05, 3.63) is 48.5 Å². The molecule has 0 fully saturated rings. The van der Waals surface area contributed by atoms with Gasteiger partial charge in [-0.1, -0.05) is 24.3 Å². The van der Waals surface area contributed by atoms with Crippen LogP contribution in [0.1, 0.15) is 0 Å². The highest BCUT2D eigenvalue weighted by Crippen LogP contribution is 2.22. The van der Waals surface area contributed by atoms with E-state index in [9.17, 15) is 0 Å². The summed E-state index contributed by atoms with van der Waals surface area (Å²) in [6.45, 7) is 0. The minimum absolute atomic E-state index is 0.982. The zero-order chi connectivity index (χ0) is 9.97. The molecule has 0 bridgehead atoms. The lowest BCUT2D eigenvalue weighted by atomic mass is 10.1. The second kappa shape index (κ2) is 4.11. The van der Waals surface area contributed by atoms with Crippen LogP contribution in [0, 0.1) is 0 Å². The van der Waals surface area contributed by atoms with E-state index in [4.69, 9.17) is 0 Å². The molecule has 0 unspecified atom stereocenters. The summed E-state index contributed by atoms with van der Waals surface area (Å²) in [4.78, 5) is 1.97. The normalized spacial score (nSPS) is 10.1. The van der Waals surface area contributed by atoms with Crippen molar-refractivity contribution in [2.75, 3.05) is 0 Å². The number of hydrogen-bond acceptors (Lipinski definition) is 2. The minimum atomic E-state index is 0.982. The molecule has 0 N–H and O–H groups in total. The van der Waals surface area contributed by atoms with Crippen molar-refractivity contribution in [2.45, 2.75) is 9.79 Å². The van der Waals surface area contributed by atoms with Gasteiger partial charge in [-0.2, -0.15) is 0 Å². The van der Waals surface area contributed by atoms with Gasteiger partial charge in [-0.25, -0.2) is 0 Å². The molecule has 14 heavy (non-hydrogen) atoms. The second-order valence-electron chi connectivity index (χ2n) is 3.10. The summed E-state index contributed by atoms with van der Waals surface area (Å²) >= 11 is 8.56. The molecule has 2 aromatic carbocycles. The van der Waals surface area contributed by atoms with Crippen molar-refractivity contribution in [1.82, 2.24) is 0 Å². The van der Waals surface area contributed by atoms with Gasteiger partial charge >= 0.3 is 0 Å². The first-order valence-electron chi connectivity index (χ1n) is 4.34. The van der Waals surface area contributed by atoms with Crippen LogP contribution < -0.4 is 0 Å². The Kier molecular flexibility index (Phi) is 2.85. The number of thiol groups is 2. The Balaban J connectivity index is 2.44. The van der Waals surface area contributed by atoms with Gasteiger partial charge in [-0.3, -0.25) is 0 Å². The van der Waals surface area contributed by atoms with Crippen LogP contribution in [0.4, 0.5) is 0 Å². The molecule has 70 valence electrons. The molecule has 0 aromatic heterocycles. The third-order valence-corrected chi connectivity index (χ3v) is 2.62. The van der Waals surface area contributed by atoms with Gasteiger partial charge in [0.1, 0.15) is 0 Å². The maximum absolute atomic E-state index is 4.31. The van der Waals surface area contributed by atoms with Gasteiger partial charge < -0.3 is 0 Å². The Morgan fingerprint density at radius 2 is 1.36 bits per heavy atom. The lowest BCUT2D eigenvalue weighted by Gasteiger charge is -2.02. The number of hydrogen-bond donors (Lipinski definition) is 2. The molecule has 0 nitrogen and oxygen atoms in total. The monoisotopic (exact) mass is 218 g/mol. The van der Waals surface area contributed by atoms with Crippen LogP contribution in [0.5, 0.6) is 0 Å². The Morgan fingerprint density at radius 1 is 0.643 bits per heavy atom. The van der Waals surface area contributed by atoms with Crippen LogP contribution in [0.15, 0.2) is 58.3 Å². The molecule has 2 aromatic rings. The van der Waals surface area contributed by atoms with Crippen LogP contribution in [-0.2, 0) is 0 Å². The Morgan fingerprint density at radius 3 is 2.00 bits per heavy atom. The van der Waals surface area contributed by atoms with Crippen molar-refractivity contribution in [2.24, 2.45) is 0 Å². The number of rotatable bonds is 1. The molecule has 0 aliphatic carbocycles. The first-order chi connectivity index (χ1) is 6.75. The van der Waals surface area contributed by atoms with Gasteiger partial charge in [0.15, 0.2) is 0 Å². The van der Waals surface area contributed by atoms with Crippen molar-refractivity contribution in [1.29, 1.82) is 0 Å². The summed E-state index contributed by atoms with van der Waals surface area (Å²) in [5.74, 6) is 0.